The van der Waals surface area contributed by atoms with Gasteiger partial charge in [0.25, 0.3) is 0 Å². The van der Waals surface area contributed by atoms with Gasteiger partial charge in [0, 0.05) is 22.8 Å². The fourth-order valence-corrected chi connectivity index (χ4v) is 2.37. The summed E-state index contributed by atoms with van der Waals surface area (Å²) in [6.45, 7) is 7.11. The van der Waals surface area contributed by atoms with Gasteiger partial charge in [0.1, 0.15) is 5.75 Å². The third kappa shape index (κ3) is 4.78. The standard InChI is InChI=1S/C18H22BrNO/c1-4-14(3)21-17-7-5-6-16(11-17)20-12-15-9-8-13(2)18(19)10-15/h5-11,14,20H,4,12H2,1-3H3. The predicted octanol–water partition coefficient (Wildman–Crippen LogP) is 5.55. The van der Waals surface area contributed by atoms with E-state index in [1.165, 1.54) is 11.1 Å². The van der Waals surface area contributed by atoms with Crippen LogP contribution in [0.25, 0.3) is 0 Å². The number of nitrogens with one attached hydrogen (secondary N) is 1. The average molecular weight is 348 g/mol. The fourth-order valence-electron chi connectivity index (χ4n) is 1.95. The van der Waals surface area contributed by atoms with Crippen molar-refractivity contribution < 1.29 is 4.74 Å². The Labute approximate surface area is 135 Å². The second-order valence-electron chi connectivity index (χ2n) is 5.30. The normalized spacial score (nSPS) is 12.0. The molecule has 0 aliphatic heterocycles. The van der Waals surface area contributed by atoms with Crippen molar-refractivity contribution in [2.75, 3.05) is 5.32 Å². The lowest BCUT2D eigenvalue weighted by molar-refractivity contribution is 0.217. The molecule has 0 saturated heterocycles. The molecule has 3 heteroatoms. The zero-order chi connectivity index (χ0) is 15.2. The first kappa shape index (κ1) is 15.9. The van der Waals surface area contributed by atoms with E-state index in [2.05, 4.69) is 72.3 Å². The van der Waals surface area contributed by atoms with E-state index >= 15 is 0 Å². The summed E-state index contributed by atoms with van der Waals surface area (Å²) in [5, 5.41) is 3.44. The number of aryl methyl sites for hydroxylation is 1. The molecular formula is C18H22BrNO. The van der Waals surface area contributed by atoms with Crippen LogP contribution in [0.1, 0.15) is 31.4 Å². The monoisotopic (exact) mass is 347 g/mol. The van der Waals surface area contributed by atoms with Gasteiger partial charge in [-0.05, 0) is 49.6 Å². The van der Waals surface area contributed by atoms with Crippen molar-refractivity contribution in [3.63, 3.8) is 0 Å². The van der Waals surface area contributed by atoms with Crippen LogP contribution in [-0.4, -0.2) is 6.10 Å². The maximum Gasteiger partial charge on any atom is 0.121 e. The van der Waals surface area contributed by atoms with Gasteiger partial charge in [0.2, 0.25) is 0 Å². The van der Waals surface area contributed by atoms with Crippen LogP contribution < -0.4 is 10.1 Å². The van der Waals surface area contributed by atoms with E-state index in [1.54, 1.807) is 0 Å². The molecule has 2 nitrogen and oxygen atoms in total. The lowest BCUT2D eigenvalue weighted by atomic mass is 10.1. The van der Waals surface area contributed by atoms with Crippen LogP contribution in [0.3, 0.4) is 0 Å². The Kier molecular flexibility index (Phi) is 5.68. The van der Waals surface area contributed by atoms with Crippen molar-refractivity contribution in [2.45, 2.75) is 39.8 Å². The summed E-state index contributed by atoms with van der Waals surface area (Å²) in [6.07, 6.45) is 1.25. The van der Waals surface area contributed by atoms with Gasteiger partial charge in [0.15, 0.2) is 0 Å². The second kappa shape index (κ2) is 7.51. The zero-order valence-electron chi connectivity index (χ0n) is 12.8. The highest BCUT2D eigenvalue weighted by atomic mass is 79.9. The van der Waals surface area contributed by atoms with Gasteiger partial charge in [-0.25, -0.2) is 0 Å². The van der Waals surface area contributed by atoms with Crippen LogP contribution in [0, 0.1) is 6.92 Å². The molecular weight excluding hydrogens is 326 g/mol. The lowest BCUT2D eigenvalue weighted by Gasteiger charge is -2.14. The van der Waals surface area contributed by atoms with Crippen LogP contribution in [-0.2, 0) is 6.54 Å². The van der Waals surface area contributed by atoms with Gasteiger partial charge < -0.3 is 10.1 Å². The van der Waals surface area contributed by atoms with Crippen molar-refractivity contribution in [2.24, 2.45) is 0 Å². The molecule has 1 N–H and O–H groups in total. The van der Waals surface area contributed by atoms with Crippen LogP contribution in [0.4, 0.5) is 5.69 Å². The van der Waals surface area contributed by atoms with Gasteiger partial charge in [-0.3, -0.25) is 0 Å². The van der Waals surface area contributed by atoms with Crippen LogP contribution in [0.15, 0.2) is 46.9 Å². The van der Waals surface area contributed by atoms with Gasteiger partial charge in [-0.2, -0.15) is 0 Å². The minimum absolute atomic E-state index is 0.244. The highest BCUT2D eigenvalue weighted by Gasteiger charge is 2.02. The predicted molar refractivity (Wildman–Crippen MR) is 93.0 cm³/mol. The third-order valence-electron chi connectivity index (χ3n) is 3.48. The molecule has 112 valence electrons. The quantitative estimate of drug-likeness (QED) is 0.739. The summed E-state index contributed by atoms with van der Waals surface area (Å²) in [5.41, 5.74) is 3.58. The molecule has 0 spiro atoms. The summed E-state index contributed by atoms with van der Waals surface area (Å²) in [4.78, 5) is 0. The first-order valence-electron chi connectivity index (χ1n) is 7.34. The Morgan fingerprint density at radius 2 is 2.00 bits per heavy atom. The molecule has 0 aliphatic carbocycles. The number of ether oxygens (including phenoxy) is 1. The van der Waals surface area contributed by atoms with Gasteiger partial charge in [-0.1, -0.05) is 41.1 Å². The smallest absolute Gasteiger partial charge is 0.121 e. The van der Waals surface area contributed by atoms with Crippen molar-refractivity contribution in [3.05, 3.63) is 58.1 Å². The molecule has 0 amide bonds. The molecule has 0 heterocycles. The van der Waals surface area contributed by atoms with Crippen LogP contribution >= 0.6 is 15.9 Å². The number of hydrogen-bond donors (Lipinski definition) is 1. The summed E-state index contributed by atoms with van der Waals surface area (Å²) < 4.78 is 6.99. The van der Waals surface area contributed by atoms with Gasteiger partial charge in [0.05, 0.1) is 6.10 Å². The zero-order valence-corrected chi connectivity index (χ0v) is 14.4. The molecule has 2 aromatic rings. The van der Waals surface area contributed by atoms with E-state index in [-0.39, 0.29) is 6.10 Å². The molecule has 0 aliphatic rings. The van der Waals surface area contributed by atoms with Crippen molar-refractivity contribution in [3.8, 4) is 5.75 Å². The minimum atomic E-state index is 0.244. The highest BCUT2D eigenvalue weighted by Crippen LogP contribution is 2.21. The van der Waals surface area contributed by atoms with Crippen molar-refractivity contribution in [1.82, 2.24) is 0 Å². The summed E-state index contributed by atoms with van der Waals surface area (Å²) in [6, 6.07) is 14.6. The number of benzene rings is 2. The number of rotatable bonds is 6. The largest absolute Gasteiger partial charge is 0.491 e. The van der Waals surface area contributed by atoms with Gasteiger partial charge in [-0.15, -0.1) is 0 Å². The Hall–Kier alpha value is -1.48. The number of halogens is 1. The molecule has 0 aromatic heterocycles. The summed E-state index contributed by atoms with van der Waals surface area (Å²) in [7, 11) is 0. The molecule has 1 unspecified atom stereocenters. The van der Waals surface area contributed by atoms with E-state index in [9.17, 15) is 0 Å². The van der Waals surface area contributed by atoms with E-state index in [4.69, 9.17) is 4.74 Å². The Bertz CT molecular complexity index is 598. The SMILES string of the molecule is CCC(C)Oc1cccc(NCc2ccc(C)c(Br)c2)c1. The topological polar surface area (TPSA) is 21.3 Å². The second-order valence-corrected chi connectivity index (χ2v) is 6.16. The van der Waals surface area contributed by atoms with Crippen molar-refractivity contribution in [1.29, 1.82) is 0 Å². The molecule has 0 radical (unpaired) electrons. The Morgan fingerprint density at radius 3 is 2.71 bits per heavy atom. The number of hydrogen-bond acceptors (Lipinski definition) is 2. The molecule has 0 bridgehead atoms. The van der Waals surface area contributed by atoms with Crippen LogP contribution in [0.5, 0.6) is 5.75 Å². The van der Waals surface area contributed by atoms with Crippen molar-refractivity contribution >= 4 is 21.6 Å². The molecule has 2 rings (SSSR count). The summed E-state index contributed by atoms with van der Waals surface area (Å²) >= 11 is 3.57. The Balaban J connectivity index is 1.99. The summed E-state index contributed by atoms with van der Waals surface area (Å²) in [5.74, 6) is 0.916. The molecule has 2 aromatic carbocycles. The molecule has 21 heavy (non-hydrogen) atoms. The first-order valence-corrected chi connectivity index (χ1v) is 8.13. The van der Waals surface area contributed by atoms with Crippen LogP contribution in [0.2, 0.25) is 0 Å². The van der Waals surface area contributed by atoms with E-state index in [1.807, 2.05) is 12.1 Å². The molecule has 0 fully saturated rings. The van der Waals surface area contributed by atoms with E-state index in [0.717, 1.165) is 28.9 Å². The Morgan fingerprint density at radius 1 is 1.19 bits per heavy atom. The first-order chi connectivity index (χ1) is 10.1. The number of anilines is 1. The van der Waals surface area contributed by atoms with E-state index < -0.39 is 0 Å². The minimum Gasteiger partial charge on any atom is -0.491 e. The lowest BCUT2D eigenvalue weighted by Crippen LogP contribution is -2.09. The van der Waals surface area contributed by atoms with E-state index in [0.29, 0.717) is 0 Å². The maximum absolute atomic E-state index is 5.84. The fraction of sp³-hybridized carbons (Fsp3) is 0.333. The molecule has 0 saturated carbocycles. The van der Waals surface area contributed by atoms with Gasteiger partial charge >= 0.3 is 0 Å². The molecule has 1 atom stereocenters. The average Bonchev–Trinajstić information content (AvgIpc) is 2.49. The highest BCUT2D eigenvalue weighted by molar-refractivity contribution is 9.10. The maximum atomic E-state index is 5.84. The third-order valence-corrected chi connectivity index (χ3v) is 4.33.